The molecule has 1 heterocycles. The summed E-state index contributed by atoms with van der Waals surface area (Å²) in [6, 6.07) is 18.8. The van der Waals surface area contributed by atoms with Crippen molar-refractivity contribution in [1.82, 2.24) is 4.98 Å². The molecule has 0 fully saturated rings. The molecule has 0 atom stereocenters. The van der Waals surface area contributed by atoms with Crippen LogP contribution >= 0.6 is 0 Å². The normalized spacial score (nSPS) is 10.8. The lowest BCUT2D eigenvalue weighted by atomic mass is 10.0. The third-order valence-electron chi connectivity index (χ3n) is 3.55. The Labute approximate surface area is 118 Å². The number of aliphatic hydroxyl groups excluding tert-OH is 1. The van der Waals surface area contributed by atoms with E-state index < -0.39 is 0 Å². The smallest absolute Gasteiger partial charge is 0.0525 e. The Hall–Kier alpha value is -2.19. The predicted octanol–water partition coefficient (Wildman–Crippen LogP) is 3.36. The summed E-state index contributed by atoms with van der Waals surface area (Å²) in [5.74, 6) is 0. The molecule has 0 aliphatic rings. The Morgan fingerprint density at radius 2 is 1.60 bits per heavy atom. The molecule has 2 aromatic carbocycles. The number of aliphatic hydroxyl groups is 1. The first-order chi connectivity index (χ1) is 9.86. The molecular formula is C18H17NO. The molecule has 1 N–H and O–H groups in total. The SMILES string of the molecule is OCCc1ccc(Cc2nccc3ccccc23)cc1. The lowest BCUT2D eigenvalue weighted by molar-refractivity contribution is 0.299. The van der Waals surface area contributed by atoms with Gasteiger partial charge in [0.1, 0.15) is 0 Å². The minimum absolute atomic E-state index is 0.199. The van der Waals surface area contributed by atoms with Crippen LogP contribution in [0.25, 0.3) is 10.8 Å². The van der Waals surface area contributed by atoms with E-state index in [1.54, 1.807) is 0 Å². The van der Waals surface area contributed by atoms with Crippen molar-refractivity contribution in [3.05, 3.63) is 77.6 Å². The zero-order chi connectivity index (χ0) is 13.8. The lowest BCUT2D eigenvalue weighted by Crippen LogP contribution is -1.95. The van der Waals surface area contributed by atoms with Crippen LogP contribution < -0.4 is 0 Å². The van der Waals surface area contributed by atoms with Crippen LogP contribution in [0.3, 0.4) is 0 Å². The van der Waals surface area contributed by atoms with E-state index in [4.69, 9.17) is 5.11 Å². The van der Waals surface area contributed by atoms with Crippen molar-refractivity contribution in [1.29, 1.82) is 0 Å². The molecule has 0 saturated heterocycles. The van der Waals surface area contributed by atoms with Gasteiger partial charge in [-0.2, -0.15) is 0 Å². The number of pyridine rings is 1. The molecule has 1 aromatic heterocycles. The van der Waals surface area contributed by atoms with Crippen molar-refractivity contribution in [2.75, 3.05) is 6.61 Å². The molecular weight excluding hydrogens is 246 g/mol. The minimum atomic E-state index is 0.199. The van der Waals surface area contributed by atoms with E-state index in [1.807, 2.05) is 12.3 Å². The Bertz CT molecular complexity index is 699. The highest BCUT2D eigenvalue weighted by Crippen LogP contribution is 2.19. The van der Waals surface area contributed by atoms with Crippen LogP contribution in [0.5, 0.6) is 0 Å². The average Bonchev–Trinajstić information content (AvgIpc) is 2.50. The number of fused-ring (bicyclic) bond motifs is 1. The Balaban J connectivity index is 1.89. The van der Waals surface area contributed by atoms with Gasteiger partial charge < -0.3 is 5.11 Å². The fourth-order valence-electron chi connectivity index (χ4n) is 2.47. The molecule has 0 bridgehead atoms. The quantitative estimate of drug-likeness (QED) is 0.783. The van der Waals surface area contributed by atoms with Gasteiger partial charge in [0, 0.05) is 24.6 Å². The van der Waals surface area contributed by atoms with E-state index in [2.05, 4.69) is 53.5 Å². The van der Waals surface area contributed by atoms with Crippen LogP contribution in [-0.4, -0.2) is 16.7 Å². The maximum atomic E-state index is 8.93. The minimum Gasteiger partial charge on any atom is -0.396 e. The van der Waals surface area contributed by atoms with Crippen LogP contribution in [0.15, 0.2) is 60.8 Å². The Morgan fingerprint density at radius 3 is 2.40 bits per heavy atom. The van der Waals surface area contributed by atoms with Gasteiger partial charge in [0.15, 0.2) is 0 Å². The van der Waals surface area contributed by atoms with Gasteiger partial charge in [-0.1, -0.05) is 48.5 Å². The Morgan fingerprint density at radius 1 is 0.850 bits per heavy atom. The summed E-state index contributed by atoms with van der Waals surface area (Å²) in [4.78, 5) is 4.52. The number of benzene rings is 2. The van der Waals surface area contributed by atoms with E-state index in [0.717, 1.165) is 12.1 Å². The van der Waals surface area contributed by atoms with Crippen molar-refractivity contribution in [2.24, 2.45) is 0 Å². The first kappa shape index (κ1) is 12.8. The number of rotatable bonds is 4. The standard InChI is InChI=1S/C18H17NO/c20-12-10-14-5-7-15(8-6-14)13-18-17-4-2-1-3-16(17)9-11-19-18/h1-9,11,20H,10,12-13H2. The Kier molecular flexibility index (Phi) is 3.75. The summed E-state index contributed by atoms with van der Waals surface area (Å²) in [5.41, 5.74) is 3.52. The highest BCUT2D eigenvalue weighted by molar-refractivity contribution is 5.84. The highest BCUT2D eigenvalue weighted by Gasteiger charge is 2.03. The van der Waals surface area contributed by atoms with Crippen LogP contribution in [0.4, 0.5) is 0 Å². The molecule has 0 aliphatic heterocycles. The van der Waals surface area contributed by atoms with Crippen molar-refractivity contribution < 1.29 is 5.11 Å². The lowest BCUT2D eigenvalue weighted by Gasteiger charge is -2.06. The largest absolute Gasteiger partial charge is 0.396 e. The van der Waals surface area contributed by atoms with Gasteiger partial charge >= 0.3 is 0 Å². The van der Waals surface area contributed by atoms with Gasteiger partial charge in [0.05, 0.1) is 5.69 Å². The number of hydrogen-bond donors (Lipinski definition) is 1. The third-order valence-corrected chi connectivity index (χ3v) is 3.55. The molecule has 2 heteroatoms. The van der Waals surface area contributed by atoms with Gasteiger partial charge in [-0.3, -0.25) is 4.98 Å². The van der Waals surface area contributed by atoms with Crippen molar-refractivity contribution in [3.63, 3.8) is 0 Å². The van der Waals surface area contributed by atoms with Crippen molar-refractivity contribution >= 4 is 10.8 Å². The summed E-state index contributed by atoms with van der Waals surface area (Å²) in [5, 5.41) is 11.4. The number of nitrogens with zero attached hydrogens (tertiary/aromatic N) is 1. The van der Waals surface area contributed by atoms with Gasteiger partial charge in [0.25, 0.3) is 0 Å². The molecule has 0 radical (unpaired) electrons. The van der Waals surface area contributed by atoms with E-state index in [9.17, 15) is 0 Å². The topological polar surface area (TPSA) is 33.1 Å². The fourth-order valence-corrected chi connectivity index (χ4v) is 2.47. The van der Waals surface area contributed by atoms with Gasteiger partial charge in [0.2, 0.25) is 0 Å². The van der Waals surface area contributed by atoms with Crippen LogP contribution in [0.2, 0.25) is 0 Å². The van der Waals surface area contributed by atoms with Crippen LogP contribution in [0, 0.1) is 0 Å². The second kappa shape index (κ2) is 5.85. The van der Waals surface area contributed by atoms with Gasteiger partial charge in [-0.05, 0) is 29.0 Å². The summed E-state index contributed by atoms with van der Waals surface area (Å²) >= 11 is 0. The molecule has 20 heavy (non-hydrogen) atoms. The summed E-state index contributed by atoms with van der Waals surface area (Å²) in [6.07, 6.45) is 3.42. The molecule has 3 rings (SSSR count). The first-order valence-electron chi connectivity index (χ1n) is 6.88. The number of hydrogen-bond acceptors (Lipinski definition) is 2. The predicted molar refractivity (Wildman–Crippen MR) is 81.8 cm³/mol. The van der Waals surface area contributed by atoms with E-state index >= 15 is 0 Å². The molecule has 0 saturated carbocycles. The monoisotopic (exact) mass is 263 g/mol. The van der Waals surface area contributed by atoms with Crippen molar-refractivity contribution in [2.45, 2.75) is 12.8 Å². The average molecular weight is 263 g/mol. The first-order valence-corrected chi connectivity index (χ1v) is 6.88. The van der Waals surface area contributed by atoms with Gasteiger partial charge in [-0.15, -0.1) is 0 Å². The third kappa shape index (κ3) is 2.70. The van der Waals surface area contributed by atoms with E-state index in [-0.39, 0.29) is 6.61 Å². The summed E-state index contributed by atoms with van der Waals surface area (Å²) in [6.45, 7) is 0.199. The molecule has 0 amide bonds. The molecule has 100 valence electrons. The van der Waals surface area contributed by atoms with Crippen LogP contribution in [-0.2, 0) is 12.8 Å². The molecule has 0 aliphatic carbocycles. The summed E-state index contributed by atoms with van der Waals surface area (Å²) in [7, 11) is 0. The second-order valence-electron chi connectivity index (χ2n) is 4.95. The molecule has 3 aromatic rings. The fraction of sp³-hybridized carbons (Fsp3) is 0.167. The number of aromatic nitrogens is 1. The van der Waals surface area contributed by atoms with Gasteiger partial charge in [-0.25, -0.2) is 0 Å². The summed E-state index contributed by atoms with van der Waals surface area (Å²) < 4.78 is 0. The zero-order valence-corrected chi connectivity index (χ0v) is 11.3. The maximum absolute atomic E-state index is 8.93. The maximum Gasteiger partial charge on any atom is 0.0525 e. The highest BCUT2D eigenvalue weighted by atomic mass is 16.2. The second-order valence-corrected chi connectivity index (χ2v) is 4.95. The molecule has 0 unspecified atom stereocenters. The van der Waals surface area contributed by atoms with Crippen molar-refractivity contribution in [3.8, 4) is 0 Å². The van der Waals surface area contributed by atoms with E-state index in [0.29, 0.717) is 6.42 Å². The molecule has 2 nitrogen and oxygen atoms in total. The molecule has 0 spiro atoms. The zero-order valence-electron chi connectivity index (χ0n) is 11.3. The van der Waals surface area contributed by atoms with E-state index in [1.165, 1.54) is 21.9 Å². The van der Waals surface area contributed by atoms with Crippen LogP contribution in [0.1, 0.15) is 16.8 Å².